The minimum atomic E-state index is 0.763. The number of nitrogens with zero attached hydrogens (tertiary/aromatic N) is 7. The number of anilines is 2. The molecule has 0 aliphatic carbocycles. The summed E-state index contributed by atoms with van der Waals surface area (Å²) in [6, 6.07) is 2.13. The van der Waals surface area contributed by atoms with Crippen LogP contribution in [-0.4, -0.2) is 51.8 Å². The lowest BCUT2D eigenvalue weighted by atomic mass is 9.99. The molecule has 3 aromatic heterocycles. The van der Waals surface area contributed by atoms with Gasteiger partial charge in [-0.3, -0.25) is 0 Å². The Bertz CT molecular complexity index is 991. The molecule has 0 aliphatic heterocycles. The Kier molecular flexibility index (Phi) is 6.05. The van der Waals surface area contributed by atoms with Crippen molar-refractivity contribution in [2.75, 3.05) is 37.0 Å². The highest BCUT2D eigenvalue weighted by molar-refractivity contribution is 5.84. The van der Waals surface area contributed by atoms with Gasteiger partial charge in [-0.2, -0.15) is 14.6 Å². The summed E-state index contributed by atoms with van der Waals surface area (Å²) in [6.45, 7) is 14.5. The predicted molar refractivity (Wildman–Crippen MR) is 120 cm³/mol. The summed E-state index contributed by atoms with van der Waals surface area (Å²) >= 11 is 0. The number of pyridine rings is 1. The fraction of sp³-hybridized carbons (Fsp3) is 0.545. The molecule has 7 heteroatoms. The number of hydrogen-bond acceptors (Lipinski definition) is 6. The third-order valence-corrected chi connectivity index (χ3v) is 5.12. The molecule has 0 saturated heterocycles. The molecule has 0 spiro atoms. The molecular formula is C22H33N7. The van der Waals surface area contributed by atoms with E-state index in [4.69, 9.17) is 20.1 Å². The third kappa shape index (κ3) is 3.91. The second kappa shape index (κ2) is 8.35. The monoisotopic (exact) mass is 395 g/mol. The molecule has 29 heavy (non-hydrogen) atoms. The number of aryl methyl sites for hydroxylation is 4. The zero-order valence-electron chi connectivity index (χ0n) is 19.0. The first-order valence-corrected chi connectivity index (χ1v) is 10.4. The van der Waals surface area contributed by atoms with Gasteiger partial charge in [0.1, 0.15) is 11.6 Å². The Morgan fingerprint density at radius 2 is 1.52 bits per heavy atom. The Balaban J connectivity index is 2.28. The van der Waals surface area contributed by atoms with Crippen molar-refractivity contribution in [3.8, 4) is 11.1 Å². The third-order valence-electron chi connectivity index (χ3n) is 5.12. The van der Waals surface area contributed by atoms with Gasteiger partial charge in [0.2, 0.25) is 5.95 Å². The highest BCUT2D eigenvalue weighted by Gasteiger charge is 2.22. The maximum atomic E-state index is 4.87. The van der Waals surface area contributed by atoms with Crippen LogP contribution in [0, 0.1) is 27.7 Å². The van der Waals surface area contributed by atoms with E-state index in [1.54, 1.807) is 0 Å². The molecule has 0 aliphatic rings. The van der Waals surface area contributed by atoms with Gasteiger partial charge in [0, 0.05) is 38.4 Å². The summed E-state index contributed by atoms with van der Waals surface area (Å²) in [6.07, 6.45) is 2.12. The van der Waals surface area contributed by atoms with Gasteiger partial charge in [0.05, 0.1) is 11.3 Å². The van der Waals surface area contributed by atoms with E-state index in [-0.39, 0.29) is 0 Å². The van der Waals surface area contributed by atoms with Crippen LogP contribution in [0.3, 0.4) is 0 Å². The molecule has 0 aromatic carbocycles. The second-order valence-corrected chi connectivity index (χ2v) is 7.91. The van der Waals surface area contributed by atoms with Gasteiger partial charge >= 0.3 is 0 Å². The van der Waals surface area contributed by atoms with Gasteiger partial charge in [-0.1, -0.05) is 13.8 Å². The van der Waals surface area contributed by atoms with Crippen molar-refractivity contribution in [3.05, 3.63) is 28.8 Å². The smallest absolute Gasteiger partial charge is 0.230 e. The molecule has 0 N–H and O–H groups in total. The van der Waals surface area contributed by atoms with E-state index in [2.05, 4.69) is 38.7 Å². The average Bonchev–Trinajstić information content (AvgIpc) is 2.96. The lowest BCUT2D eigenvalue weighted by Crippen LogP contribution is -2.28. The van der Waals surface area contributed by atoms with E-state index in [9.17, 15) is 0 Å². The first kappa shape index (κ1) is 21.0. The Morgan fingerprint density at radius 3 is 2.07 bits per heavy atom. The van der Waals surface area contributed by atoms with Crippen molar-refractivity contribution in [1.29, 1.82) is 0 Å². The van der Waals surface area contributed by atoms with Crippen LogP contribution in [0.25, 0.3) is 16.8 Å². The van der Waals surface area contributed by atoms with Gasteiger partial charge in [-0.05, 0) is 52.2 Å². The molecule has 0 fully saturated rings. The molecular weight excluding hydrogens is 362 g/mol. The van der Waals surface area contributed by atoms with Gasteiger partial charge < -0.3 is 9.80 Å². The fourth-order valence-corrected chi connectivity index (χ4v) is 3.90. The zero-order valence-corrected chi connectivity index (χ0v) is 19.0. The molecule has 7 nitrogen and oxygen atoms in total. The number of aromatic nitrogens is 5. The van der Waals surface area contributed by atoms with Crippen LogP contribution < -0.4 is 9.80 Å². The molecule has 0 unspecified atom stereocenters. The van der Waals surface area contributed by atoms with Crippen molar-refractivity contribution in [1.82, 2.24) is 24.6 Å². The number of hydrogen-bond donors (Lipinski definition) is 0. The summed E-state index contributed by atoms with van der Waals surface area (Å²) in [7, 11) is 4.03. The highest BCUT2D eigenvalue weighted by atomic mass is 15.4. The Labute approximate surface area is 173 Å². The van der Waals surface area contributed by atoms with Crippen LogP contribution in [0.5, 0.6) is 0 Å². The van der Waals surface area contributed by atoms with E-state index in [0.29, 0.717) is 0 Å². The molecule has 0 atom stereocenters. The number of rotatable bonds is 7. The minimum Gasteiger partial charge on any atom is -0.363 e. The van der Waals surface area contributed by atoms with Crippen LogP contribution in [0.15, 0.2) is 6.07 Å². The first-order chi connectivity index (χ1) is 13.8. The van der Waals surface area contributed by atoms with Gasteiger partial charge in [0.25, 0.3) is 0 Å². The summed E-state index contributed by atoms with van der Waals surface area (Å²) in [4.78, 5) is 18.7. The maximum Gasteiger partial charge on any atom is 0.230 e. The van der Waals surface area contributed by atoms with E-state index in [1.807, 2.05) is 37.4 Å². The average molecular weight is 396 g/mol. The van der Waals surface area contributed by atoms with E-state index >= 15 is 0 Å². The van der Waals surface area contributed by atoms with Crippen molar-refractivity contribution < 1.29 is 0 Å². The summed E-state index contributed by atoms with van der Waals surface area (Å²) < 4.78 is 1.92. The molecule has 3 heterocycles. The van der Waals surface area contributed by atoms with Crippen molar-refractivity contribution >= 4 is 17.4 Å². The summed E-state index contributed by atoms with van der Waals surface area (Å²) in [5, 5.41) is 4.87. The van der Waals surface area contributed by atoms with Crippen molar-refractivity contribution in [2.45, 2.75) is 54.4 Å². The molecule has 3 rings (SSSR count). The lowest BCUT2D eigenvalue weighted by Gasteiger charge is -2.23. The predicted octanol–water partition coefficient (Wildman–Crippen LogP) is 4.11. The Morgan fingerprint density at radius 1 is 0.862 bits per heavy atom. The summed E-state index contributed by atoms with van der Waals surface area (Å²) in [5.74, 6) is 2.60. The normalized spacial score (nSPS) is 11.3. The van der Waals surface area contributed by atoms with Crippen LogP contribution in [-0.2, 0) is 0 Å². The topological polar surface area (TPSA) is 62.5 Å². The standard InChI is InChI=1S/C22H33N7/c1-9-11-28(12-10-2)22-25-17(6)24-21-20(16(5)26-29(21)22)19-14(3)13-18(27(7)8)23-15(19)4/h13H,9-12H2,1-8H3. The van der Waals surface area contributed by atoms with Gasteiger partial charge in [-0.15, -0.1) is 0 Å². The lowest BCUT2D eigenvalue weighted by molar-refractivity contribution is 0.692. The van der Waals surface area contributed by atoms with Gasteiger partial charge in [-0.25, -0.2) is 9.97 Å². The quantitative estimate of drug-likeness (QED) is 0.600. The maximum absolute atomic E-state index is 4.87. The van der Waals surface area contributed by atoms with Crippen LogP contribution in [0.4, 0.5) is 11.8 Å². The molecule has 0 bridgehead atoms. The van der Waals surface area contributed by atoms with Crippen LogP contribution in [0.2, 0.25) is 0 Å². The van der Waals surface area contributed by atoms with Crippen LogP contribution in [0.1, 0.15) is 49.5 Å². The van der Waals surface area contributed by atoms with Gasteiger partial charge in [0.15, 0.2) is 5.65 Å². The van der Waals surface area contributed by atoms with Crippen molar-refractivity contribution in [2.24, 2.45) is 0 Å². The van der Waals surface area contributed by atoms with E-state index in [1.165, 1.54) is 5.56 Å². The van der Waals surface area contributed by atoms with E-state index in [0.717, 1.165) is 71.7 Å². The molecule has 0 radical (unpaired) electrons. The molecule has 156 valence electrons. The van der Waals surface area contributed by atoms with E-state index < -0.39 is 0 Å². The second-order valence-electron chi connectivity index (χ2n) is 7.91. The molecule has 0 saturated carbocycles. The SMILES string of the molecule is CCCN(CCC)c1nc(C)nc2c(-c3c(C)cc(N(C)C)nc3C)c(C)nn12. The zero-order chi connectivity index (χ0) is 21.3. The molecule has 0 amide bonds. The highest BCUT2D eigenvalue weighted by Crippen LogP contribution is 2.34. The number of fused-ring (bicyclic) bond motifs is 1. The molecule has 3 aromatic rings. The Hall–Kier alpha value is -2.70. The first-order valence-electron chi connectivity index (χ1n) is 10.4. The van der Waals surface area contributed by atoms with Crippen molar-refractivity contribution in [3.63, 3.8) is 0 Å². The summed E-state index contributed by atoms with van der Waals surface area (Å²) in [5.41, 5.74) is 6.14. The van der Waals surface area contributed by atoms with Crippen LogP contribution >= 0.6 is 0 Å². The largest absolute Gasteiger partial charge is 0.363 e. The fourth-order valence-electron chi connectivity index (χ4n) is 3.90. The minimum absolute atomic E-state index is 0.763.